The van der Waals surface area contributed by atoms with E-state index in [2.05, 4.69) is 0 Å². The second kappa shape index (κ2) is 7.34. The number of amides is 2. The molecular weight excluding hydrogens is 420 g/mol. The van der Waals surface area contributed by atoms with Crippen LogP contribution in [0, 0.1) is 35.3 Å². The fraction of sp³-hybridized carbons (Fsp3) is 0.143. The molecule has 1 aliphatic heterocycles. The van der Waals surface area contributed by atoms with E-state index in [0.29, 0.717) is 0 Å². The maximum Gasteiger partial charge on any atom is 0.238 e. The maximum absolute atomic E-state index is 14.5. The number of imide groups is 1. The van der Waals surface area contributed by atoms with Gasteiger partial charge in [0.15, 0.2) is 0 Å². The number of nitrogens with zero attached hydrogens (tertiary/aromatic N) is 1. The Morgan fingerprint density at radius 2 is 1.09 bits per heavy atom. The van der Waals surface area contributed by atoms with Crippen LogP contribution in [0.15, 0.2) is 96.6 Å². The fourth-order valence-electron chi connectivity index (χ4n) is 5.73. The van der Waals surface area contributed by atoms with Crippen LogP contribution >= 0.6 is 0 Å². The third-order valence-corrected chi connectivity index (χ3v) is 6.99. The Morgan fingerprint density at radius 1 is 0.636 bits per heavy atom. The van der Waals surface area contributed by atoms with Crippen LogP contribution in [0.2, 0.25) is 0 Å². The van der Waals surface area contributed by atoms with Crippen molar-refractivity contribution in [2.45, 2.75) is 0 Å². The summed E-state index contributed by atoms with van der Waals surface area (Å²) >= 11 is 0. The van der Waals surface area contributed by atoms with Gasteiger partial charge in [-0.05, 0) is 34.4 Å². The van der Waals surface area contributed by atoms with E-state index in [9.17, 15) is 18.4 Å². The van der Waals surface area contributed by atoms with E-state index in [-0.39, 0.29) is 11.8 Å². The summed E-state index contributed by atoms with van der Waals surface area (Å²) in [5.74, 6) is -4.83. The quantitative estimate of drug-likeness (QED) is 0.406. The number of hydrogen-bond donors (Lipinski definition) is 0. The Bertz CT molecular complexity index is 1250. The van der Waals surface area contributed by atoms with E-state index >= 15 is 0 Å². The Labute approximate surface area is 189 Å². The van der Waals surface area contributed by atoms with Crippen molar-refractivity contribution in [1.29, 1.82) is 0 Å². The molecule has 6 rings (SSSR count). The number of fused-ring (bicyclic) bond motifs is 5. The first kappa shape index (κ1) is 19.8. The molecule has 162 valence electrons. The van der Waals surface area contributed by atoms with E-state index in [0.717, 1.165) is 39.3 Å². The minimum absolute atomic E-state index is 0.299. The number of hydrogen-bond acceptors (Lipinski definition) is 2. The number of carbonyl (C=O) groups is 2. The minimum atomic E-state index is -0.915. The minimum Gasteiger partial charge on any atom is -0.274 e. The first-order valence-corrected chi connectivity index (χ1v) is 10.9. The number of allylic oxidation sites excluding steroid dienone is 3. The van der Waals surface area contributed by atoms with Gasteiger partial charge in [-0.25, -0.2) is 13.7 Å². The molecule has 1 saturated heterocycles. The summed E-state index contributed by atoms with van der Waals surface area (Å²) in [7, 11) is 0. The molecule has 0 aromatic heterocycles. The van der Waals surface area contributed by atoms with Crippen molar-refractivity contribution >= 4 is 23.1 Å². The number of anilines is 1. The Hall–Kier alpha value is -3.86. The average Bonchev–Trinajstić information content (AvgIpc) is 3.46. The lowest BCUT2D eigenvalue weighted by molar-refractivity contribution is -0.123. The number of carbonyl (C=O) groups excluding carboxylic acids is 2. The highest BCUT2D eigenvalue weighted by molar-refractivity contribution is 6.23. The van der Waals surface area contributed by atoms with Gasteiger partial charge >= 0.3 is 0 Å². The number of rotatable bonds is 3. The van der Waals surface area contributed by atoms with Gasteiger partial charge in [-0.15, -0.1) is 0 Å². The van der Waals surface area contributed by atoms with Gasteiger partial charge in [-0.3, -0.25) is 9.59 Å². The summed E-state index contributed by atoms with van der Waals surface area (Å²) in [6, 6.07) is 23.2. The highest BCUT2D eigenvalue weighted by Crippen LogP contribution is 2.59. The second-order valence-corrected chi connectivity index (χ2v) is 8.63. The van der Waals surface area contributed by atoms with E-state index < -0.39 is 41.0 Å². The van der Waals surface area contributed by atoms with Crippen molar-refractivity contribution in [2.75, 3.05) is 4.90 Å². The third-order valence-electron chi connectivity index (χ3n) is 6.99. The molecule has 1 saturated carbocycles. The van der Waals surface area contributed by atoms with Gasteiger partial charge in [0.05, 0.1) is 11.8 Å². The van der Waals surface area contributed by atoms with Gasteiger partial charge in [-0.2, -0.15) is 0 Å². The summed E-state index contributed by atoms with van der Waals surface area (Å²) in [6.45, 7) is 0. The van der Waals surface area contributed by atoms with Crippen LogP contribution in [-0.2, 0) is 9.59 Å². The molecule has 0 spiro atoms. The zero-order chi connectivity index (χ0) is 22.7. The molecule has 33 heavy (non-hydrogen) atoms. The van der Waals surface area contributed by atoms with Crippen molar-refractivity contribution in [3.63, 3.8) is 0 Å². The summed E-state index contributed by atoms with van der Waals surface area (Å²) in [5.41, 5.74) is 3.48. The van der Waals surface area contributed by atoms with Gasteiger partial charge in [-0.1, -0.05) is 78.9 Å². The van der Waals surface area contributed by atoms with E-state index in [1.165, 1.54) is 6.07 Å². The van der Waals surface area contributed by atoms with E-state index in [1.807, 2.05) is 72.8 Å². The molecule has 2 amide bonds. The van der Waals surface area contributed by atoms with Crippen LogP contribution in [-0.4, -0.2) is 11.8 Å². The van der Waals surface area contributed by atoms with Gasteiger partial charge < -0.3 is 0 Å². The summed E-state index contributed by atoms with van der Waals surface area (Å²) < 4.78 is 28.9. The van der Waals surface area contributed by atoms with Gasteiger partial charge in [0, 0.05) is 11.8 Å². The smallest absolute Gasteiger partial charge is 0.238 e. The first-order valence-electron chi connectivity index (χ1n) is 10.9. The van der Waals surface area contributed by atoms with Crippen LogP contribution in [0.5, 0.6) is 0 Å². The molecule has 0 N–H and O–H groups in total. The van der Waals surface area contributed by atoms with Crippen molar-refractivity contribution < 1.29 is 18.4 Å². The van der Waals surface area contributed by atoms with Gasteiger partial charge in [0.25, 0.3) is 0 Å². The van der Waals surface area contributed by atoms with Crippen LogP contribution in [0.3, 0.4) is 0 Å². The van der Waals surface area contributed by atoms with Crippen molar-refractivity contribution in [3.8, 4) is 0 Å². The lowest BCUT2D eigenvalue weighted by atomic mass is 9.85. The molecule has 3 aromatic carbocycles. The largest absolute Gasteiger partial charge is 0.274 e. The Morgan fingerprint density at radius 3 is 1.55 bits per heavy atom. The molecule has 2 fully saturated rings. The van der Waals surface area contributed by atoms with E-state index in [4.69, 9.17) is 0 Å². The molecule has 5 heteroatoms. The van der Waals surface area contributed by atoms with Crippen LogP contribution < -0.4 is 4.90 Å². The predicted octanol–water partition coefficient (Wildman–Crippen LogP) is 5.39. The standard InChI is InChI=1S/C28H19F2NO2/c29-20-12-7-13-21(30)26(20)31-27(32)24-18-14-15-19(25(24)28(31)33)23(18)22(16-8-3-1-4-9-16)17-10-5-2-6-11-17/h1-15,18-19,24-25H/t18-,19-,24-,25-/m1/s1. The lowest BCUT2D eigenvalue weighted by Gasteiger charge is -2.22. The highest BCUT2D eigenvalue weighted by atomic mass is 19.1. The summed E-state index contributed by atoms with van der Waals surface area (Å²) in [5, 5.41) is 0. The van der Waals surface area contributed by atoms with Crippen molar-refractivity contribution in [1.82, 2.24) is 0 Å². The van der Waals surface area contributed by atoms with E-state index in [1.54, 1.807) is 0 Å². The normalized spacial score (nSPS) is 25.2. The van der Waals surface area contributed by atoms with Crippen molar-refractivity contribution in [3.05, 3.63) is 119 Å². The monoisotopic (exact) mass is 439 g/mol. The summed E-state index contributed by atoms with van der Waals surface area (Å²) in [6.07, 6.45) is 3.94. The topological polar surface area (TPSA) is 37.4 Å². The van der Waals surface area contributed by atoms with Gasteiger partial charge in [0.1, 0.15) is 17.3 Å². The third kappa shape index (κ3) is 2.78. The molecule has 0 radical (unpaired) electrons. The molecule has 3 nitrogen and oxygen atoms in total. The Balaban J connectivity index is 1.50. The molecule has 4 atom stereocenters. The molecule has 1 heterocycles. The lowest BCUT2D eigenvalue weighted by Crippen LogP contribution is -2.34. The fourth-order valence-corrected chi connectivity index (χ4v) is 5.73. The predicted molar refractivity (Wildman–Crippen MR) is 121 cm³/mol. The van der Waals surface area contributed by atoms with Crippen molar-refractivity contribution in [2.24, 2.45) is 23.7 Å². The first-order chi connectivity index (χ1) is 16.1. The average molecular weight is 439 g/mol. The molecule has 2 bridgehead atoms. The molecular formula is C28H19F2NO2. The number of para-hydroxylation sites is 1. The summed E-state index contributed by atoms with van der Waals surface area (Å²) in [4.78, 5) is 27.6. The van der Waals surface area contributed by atoms with Crippen LogP contribution in [0.4, 0.5) is 14.5 Å². The van der Waals surface area contributed by atoms with Crippen LogP contribution in [0.25, 0.3) is 5.57 Å². The molecule has 3 aromatic rings. The SMILES string of the molecule is O=C1[C@H]2[C@H](C(=O)N1c1c(F)cccc1F)[C@@H]1C=C[C@@H]2C1=C(c1ccccc1)c1ccccc1. The van der Waals surface area contributed by atoms with Crippen LogP contribution in [0.1, 0.15) is 11.1 Å². The van der Waals surface area contributed by atoms with Gasteiger partial charge in [0.2, 0.25) is 11.8 Å². The zero-order valence-electron chi connectivity index (χ0n) is 17.5. The highest BCUT2D eigenvalue weighted by Gasteiger charge is 2.63. The number of benzene rings is 3. The molecule has 0 unspecified atom stereocenters. The number of halogens is 2. The molecule has 3 aliphatic rings. The second-order valence-electron chi connectivity index (χ2n) is 8.63. The Kier molecular flexibility index (Phi) is 4.40. The maximum atomic E-state index is 14.5. The zero-order valence-corrected chi connectivity index (χ0v) is 17.5. The molecule has 2 aliphatic carbocycles.